The van der Waals surface area contributed by atoms with E-state index in [4.69, 9.17) is 0 Å². The van der Waals surface area contributed by atoms with Crippen molar-refractivity contribution >= 4 is 10.0 Å². The van der Waals surface area contributed by atoms with Crippen molar-refractivity contribution in [3.63, 3.8) is 0 Å². The summed E-state index contributed by atoms with van der Waals surface area (Å²) in [6.45, 7) is 14.4. The molecule has 3 nitrogen and oxygen atoms in total. The third kappa shape index (κ3) is 4.99. The first-order valence-electron chi connectivity index (χ1n) is 9.79. The fraction of sp³-hybridized carbons (Fsp3) is 0.478. The molecule has 4 heteroatoms. The molecule has 0 saturated carbocycles. The van der Waals surface area contributed by atoms with Crippen LogP contribution in [0.5, 0.6) is 0 Å². The van der Waals surface area contributed by atoms with Crippen molar-refractivity contribution in [2.45, 2.75) is 77.2 Å². The van der Waals surface area contributed by atoms with E-state index in [0.717, 1.165) is 16.7 Å². The minimum Gasteiger partial charge on any atom is -0.207 e. The second-order valence-corrected chi connectivity index (χ2v) is 9.90. The first kappa shape index (κ1) is 21.6. The maximum Gasteiger partial charge on any atom is 0.241 e. The molecule has 148 valence electrons. The van der Waals surface area contributed by atoms with Crippen molar-refractivity contribution in [3.05, 3.63) is 64.7 Å². The quantitative estimate of drug-likeness (QED) is 0.624. The molecule has 0 heterocycles. The van der Waals surface area contributed by atoms with Crippen molar-refractivity contribution in [2.75, 3.05) is 0 Å². The number of hydrogen-bond acceptors (Lipinski definition) is 2. The molecule has 2 aromatic carbocycles. The Labute approximate surface area is 165 Å². The molecule has 0 spiro atoms. The lowest BCUT2D eigenvalue weighted by Crippen LogP contribution is -2.29. The summed E-state index contributed by atoms with van der Waals surface area (Å²) < 4.78 is 29.8. The first-order chi connectivity index (χ1) is 12.5. The van der Waals surface area contributed by atoms with Crippen LogP contribution in [0.2, 0.25) is 0 Å². The second kappa shape index (κ2) is 8.57. The summed E-state index contributed by atoms with van der Waals surface area (Å²) in [6, 6.07) is 13.5. The molecular formula is C23H33NO2S. The van der Waals surface area contributed by atoms with Crippen molar-refractivity contribution in [3.8, 4) is 0 Å². The van der Waals surface area contributed by atoms with Crippen LogP contribution in [0, 0.1) is 0 Å². The van der Waals surface area contributed by atoms with Crippen LogP contribution >= 0.6 is 0 Å². The van der Waals surface area contributed by atoms with Gasteiger partial charge in [-0.25, -0.2) is 13.1 Å². The normalized spacial score (nSPS) is 13.6. The lowest BCUT2D eigenvalue weighted by molar-refractivity contribution is 0.562. The molecule has 0 aliphatic rings. The number of rotatable bonds is 7. The number of nitrogens with one attached hydrogen (secondary N) is 1. The summed E-state index contributed by atoms with van der Waals surface area (Å²) in [4.78, 5) is 0.458. The summed E-state index contributed by atoms with van der Waals surface area (Å²) in [5.41, 5.74) is 3.95. The fourth-order valence-corrected chi connectivity index (χ4v) is 5.23. The molecule has 0 fully saturated rings. The zero-order chi connectivity index (χ0) is 20.4. The highest BCUT2D eigenvalue weighted by Crippen LogP contribution is 2.35. The first-order valence-corrected chi connectivity index (χ1v) is 11.3. The van der Waals surface area contributed by atoms with Crippen molar-refractivity contribution in [2.24, 2.45) is 0 Å². The average molecular weight is 388 g/mol. The van der Waals surface area contributed by atoms with Gasteiger partial charge in [0.1, 0.15) is 0 Å². The van der Waals surface area contributed by atoms with Crippen LogP contribution in [0.4, 0.5) is 0 Å². The van der Waals surface area contributed by atoms with Gasteiger partial charge in [-0.1, -0.05) is 84.0 Å². The minimum absolute atomic E-state index is 0.125. The summed E-state index contributed by atoms with van der Waals surface area (Å²) in [5.74, 6) is 0.604. The predicted molar refractivity (Wildman–Crippen MR) is 114 cm³/mol. The predicted octanol–water partition coefficient (Wildman–Crippen LogP) is 6.10. The molecule has 0 amide bonds. The molecule has 2 aromatic rings. The monoisotopic (exact) mass is 387 g/mol. The van der Waals surface area contributed by atoms with E-state index in [1.54, 1.807) is 0 Å². The Hall–Kier alpha value is -1.65. The van der Waals surface area contributed by atoms with Gasteiger partial charge in [-0.2, -0.15) is 0 Å². The highest BCUT2D eigenvalue weighted by Gasteiger charge is 2.28. The topological polar surface area (TPSA) is 46.2 Å². The Bertz CT molecular complexity index is 840. The highest BCUT2D eigenvalue weighted by atomic mass is 32.2. The maximum absolute atomic E-state index is 13.4. The Morgan fingerprint density at radius 1 is 0.704 bits per heavy atom. The molecular weight excluding hydrogens is 354 g/mol. The molecule has 2 rings (SSSR count). The van der Waals surface area contributed by atoms with Gasteiger partial charge in [-0.3, -0.25) is 0 Å². The van der Waals surface area contributed by atoms with E-state index in [1.165, 1.54) is 5.56 Å². The molecule has 0 radical (unpaired) electrons. The number of benzene rings is 2. The van der Waals surface area contributed by atoms with E-state index in [2.05, 4.69) is 58.4 Å². The molecule has 0 bridgehead atoms. The van der Waals surface area contributed by atoms with E-state index < -0.39 is 10.0 Å². The lowest BCUT2D eigenvalue weighted by Gasteiger charge is -2.24. The van der Waals surface area contributed by atoms with Crippen LogP contribution in [0.3, 0.4) is 0 Å². The zero-order valence-electron chi connectivity index (χ0n) is 17.6. The summed E-state index contributed by atoms with van der Waals surface area (Å²) in [6.07, 6.45) is 0. The Kier molecular flexibility index (Phi) is 6.87. The Morgan fingerprint density at radius 3 is 1.59 bits per heavy atom. The maximum atomic E-state index is 13.4. The number of hydrogen-bond donors (Lipinski definition) is 1. The van der Waals surface area contributed by atoms with Gasteiger partial charge in [0.2, 0.25) is 10.0 Å². The summed E-state index contributed by atoms with van der Waals surface area (Å²) >= 11 is 0. The van der Waals surface area contributed by atoms with Gasteiger partial charge >= 0.3 is 0 Å². The van der Waals surface area contributed by atoms with Gasteiger partial charge in [0.25, 0.3) is 0 Å². The molecule has 1 atom stereocenters. The van der Waals surface area contributed by atoms with E-state index in [9.17, 15) is 8.42 Å². The van der Waals surface area contributed by atoms with E-state index in [-0.39, 0.29) is 17.9 Å². The molecule has 1 N–H and O–H groups in total. The summed E-state index contributed by atoms with van der Waals surface area (Å²) in [5, 5.41) is 0. The van der Waals surface area contributed by atoms with Gasteiger partial charge in [0.05, 0.1) is 4.90 Å². The van der Waals surface area contributed by atoms with E-state index in [1.807, 2.05) is 37.3 Å². The van der Waals surface area contributed by atoms with Gasteiger partial charge in [-0.05, 0) is 46.9 Å². The highest BCUT2D eigenvalue weighted by molar-refractivity contribution is 7.89. The molecule has 0 unspecified atom stereocenters. The van der Waals surface area contributed by atoms with Crippen LogP contribution in [0.15, 0.2) is 47.4 Å². The second-order valence-electron chi connectivity index (χ2n) is 8.25. The molecule has 0 aliphatic carbocycles. The molecule has 0 aromatic heterocycles. The van der Waals surface area contributed by atoms with Crippen LogP contribution in [-0.4, -0.2) is 8.42 Å². The van der Waals surface area contributed by atoms with Crippen molar-refractivity contribution in [1.29, 1.82) is 0 Å². The largest absolute Gasteiger partial charge is 0.241 e. The molecule has 0 saturated heterocycles. The Balaban J connectivity index is 2.60. The van der Waals surface area contributed by atoms with Gasteiger partial charge < -0.3 is 0 Å². The van der Waals surface area contributed by atoms with Gasteiger partial charge in [0.15, 0.2) is 0 Å². The van der Waals surface area contributed by atoms with Crippen molar-refractivity contribution in [1.82, 2.24) is 4.72 Å². The van der Waals surface area contributed by atoms with Crippen LogP contribution in [0.1, 0.15) is 94.5 Å². The third-order valence-corrected chi connectivity index (χ3v) is 6.65. The third-order valence-electron chi connectivity index (χ3n) is 4.98. The smallest absolute Gasteiger partial charge is 0.207 e. The lowest BCUT2D eigenvalue weighted by atomic mass is 9.89. The average Bonchev–Trinajstić information content (AvgIpc) is 2.60. The minimum atomic E-state index is -3.65. The molecule has 27 heavy (non-hydrogen) atoms. The van der Waals surface area contributed by atoms with Crippen LogP contribution in [0.25, 0.3) is 0 Å². The number of sulfonamides is 1. The standard InChI is InChI=1S/C23H33NO2S/c1-15(2)20-13-21(16(3)4)23(22(14-20)17(5)6)27(25,26)24-18(7)19-11-9-8-10-12-19/h8-18,24H,1-7H3/t18-/m1/s1. The summed E-state index contributed by atoms with van der Waals surface area (Å²) in [7, 11) is -3.65. The molecule has 0 aliphatic heterocycles. The van der Waals surface area contributed by atoms with E-state index in [0.29, 0.717) is 10.8 Å². The van der Waals surface area contributed by atoms with Crippen LogP contribution in [-0.2, 0) is 10.0 Å². The SMILES string of the molecule is CC(C)c1cc(C(C)C)c(S(=O)(=O)N[C@H](C)c2ccccc2)c(C(C)C)c1. The fourth-order valence-electron chi connectivity index (χ4n) is 3.30. The Morgan fingerprint density at radius 2 is 1.19 bits per heavy atom. The van der Waals surface area contributed by atoms with Crippen molar-refractivity contribution < 1.29 is 8.42 Å². The van der Waals surface area contributed by atoms with E-state index >= 15 is 0 Å². The van der Waals surface area contributed by atoms with Gasteiger partial charge in [0, 0.05) is 6.04 Å². The zero-order valence-corrected chi connectivity index (χ0v) is 18.4. The van der Waals surface area contributed by atoms with Crippen LogP contribution < -0.4 is 4.72 Å². The van der Waals surface area contributed by atoms with Gasteiger partial charge in [-0.15, -0.1) is 0 Å².